The molecule has 0 fully saturated rings. The number of fused-ring (bicyclic) bond motifs is 2. The maximum Gasteiger partial charge on any atom is 0.137 e. The van der Waals surface area contributed by atoms with Crippen LogP contribution in [0.2, 0.25) is 5.02 Å². The highest BCUT2D eigenvalue weighted by Crippen LogP contribution is 2.39. The Morgan fingerprint density at radius 2 is 2.08 bits per heavy atom. The largest absolute Gasteiger partial charge is 0.495 e. The van der Waals surface area contributed by atoms with E-state index in [1.807, 2.05) is 6.07 Å². The molecule has 1 aliphatic heterocycles. The first-order valence-corrected chi connectivity index (χ1v) is 8.56. The zero-order valence-electron chi connectivity index (χ0n) is 13.9. The van der Waals surface area contributed by atoms with Crippen LogP contribution >= 0.6 is 11.6 Å². The van der Waals surface area contributed by atoms with E-state index >= 15 is 0 Å². The van der Waals surface area contributed by atoms with Crippen molar-refractivity contribution in [1.29, 1.82) is 0 Å². The predicted molar refractivity (Wildman–Crippen MR) is 97.3 cm³/mol. The minimum atomic E-state index is 0.230. The average Bonchev–Trinajstić information content (AvgIpc) is 3.01. The van der Waals surface area contributed by atoms with Gasteiger partial charge in [-0.25, -0.2) is 0 Å². The second kappa shape index (κ2) is 6.15. The quantitative estimate of drug-likeness (QED) is 0.674. The Labute approximate surface area is 146 Å². The molecule has 0 N–H and O–H groups in total. The molecule has 2 aromatic carbocycles. The third kappa shape index (κ3) is 2.58. The third-order valence-corrected chi connectivity index (χ3v) is 5.23. The van der Waals surface area contributed by atoms with Crippen LogP contribution in [0, 0.1) is 0 Å². The Kier molecular flexibility index (Phi) is 3.99. The van der Waals surface area contributed by atoms with Crippen LogP contribution in [-0.2, 0) is 6.42 Å². The molecule has 4 heteroatoms. The highest BCUT2D eigenvalue weighted by molar-refractivity contribution is 6.32. The van der Waals surface area contributed by atoms with Crippen molar-refractivity contribution in [2.75, 3.05) is 27.2 Å². The second-order valence-corrected chi connectivity index (χ2v) is 6.84. The highest BCUT2D eigenvalue weighted by atomic mass is 35.5. The van der Waals surface area contributed by atoms with Gasteiger partial charge in [0.2, 0.25) is 0 Å². The minimum absolute atomic E-state index is 0.230. The summed E-state index contributed by atoms with van der Waals surface area (Å²) in [6.45, 7) is 1.96. The van der Waals surface area contributed by atoms with Crippen LogP contribution in [0.4, 0.5) is 0 Å². The molecule has 0 spiro atoms. The summed E-state index contributed by atoms with van der Waals surface area (Å²) < 4.78 is 11.3. The summed E-state index contributed by atoms with van der Waals surface area (Å²) in [7, 11) is 3.83. The van der Waals surface area contributed by atoms with Gasteiger partial charge in [-0.2, -0.15) is 0 Å². The number of furan rings is 1. The fraction of sp³-hybridized carbons (Fsp3) is 0.300. The maximum absolute atomic E-state index is 6.37. The summed E-state index contributed by atoms with van der Waals surface area (Å²) in [6, 6.07) is 12.5. The van der Waals surface area contributed by atoms with Gasteiger partial charge in [0.05, 0.1) is 18.4 Å². The molecule has 124 valence electrons. The monoisotopic (exact) mass is 341 g/mol. The summed E-state index contributed by atoms with van der Waals surface area (Å²) in [5.74, 6) is 0.963. The zero-order valence-corrected chi connectivity index (χ0v) is 14.6. The van der Waals surface area contributed by atoms with Crippen molar-refractivity contribution in [3.63, 3.8) is 0 Å². The van der Waals surface area contributed by atoms with Crippen LogP contribution in [-0.4, -0.2) is 32.1 Å². The maximum atomic E-state index is 6.37. The van der Waals surface area contributed by atoms with Crippen molar-refractivity contribution in [3.8, 4) is 5.75 Å². The molecule has 1 aromatic heterocycles. The average molecular weight is 342 g/mol. The number of methoxy groups -OCH3 is 1. The number of hydrogen-bond donors (Lipinski definition) is 0. The van der Waals surface area contributed by atoms with E-state index in [1.54, 1.807) is 13.4 Å². The Hall–Kier alpha value is -1.97. The number of likely N-dealkylation sites (N-methyl/N-ethyl adjacent to an activating group) is 1. The van der Waals surface area contributed by atoms with Crippen molar-refractivity contribution in [2.45, 2.75) is 12.3 Å². The molecule has 24 heavy (non-hydrogen) atoms. The molecule has 3 nitrogen and oxygen atoms in total. The predicted octanol–water partition coefficient (Wildman–Crippen LogP) is 4.71. The molecule has 0 saturated heterocycles. The van der Waals surface area contributed by atoms with Crippen molar-refractivity contribution < 1.29 is 9.15 Å². The van der Waals surface area contributed by atoms with Gasteiger partial charge >= 0.3 is 0 Å². The third-order valence-electron chi connectivity index (χ3n) is 4.93. The summed E-state index contributed by atoms with van der Waals surface area (Å²) >= 11 is 6.37. The number of rotatable bonds is 2. The van der Waals surface area contributed by atoms with Crippen LogP contribution in [0.1, 0.15) is 22.6 Å². The molecule has 0 amide bonds. The van der Waals surface area contributed by atoms with E-state index in [0.717, 1.165) is 36.2 Å². The molecule has 0 saturated carbocycles. The van der Waals surface area contributed by atoms with Gasteiger partial charge in [0.1, 0.15) is 11.3 Å². The molecule has 0 aliphatic carbocycles. The van der Waals surface area contributed by atoms with Gasteiger partial charge in [0.25, 0.3) is 0 Å². The lowest BCUT2D eigenvalue weighted by atomic mass is 9.87. The molecule has 4 rings (SSSR count). The number of para-hydroxylation sites is 1. The molecular formula is C20H20ClNO2. The van der Waals surface area contributed by atoms with Crippen molar-refractivity contribution in [3.05, 3.63) is 64.4 Å². The van der Waals surface area contributed by atoms with Gasteiger partial charge in [-0.05, 0) is 42.8 Å². The van der Waals surface area contributed by atoms with Crippen LogP contribution in [0.25, 0.3) is 11.0 Å². The number of halogens is 1. The Morgan fingerprint density at radius 1 is 1.21 bits per heavy atom. The van der Waals surface area contributed by atoms with E-state index in [2.05, 4.69) is 42.3 Å². The van der Waals surface area contributed by atoms with Crippen molar-refractivity contribution >= 4 is 22.6 Å². The minimum Gasteiger partial charge on any atom is -0.495 e. The van der Waals surface area contributed by atoms with Gasteiger partial charge in [0, 0.05) is 30.0 Å². The van der Waals surface area contributed by atoms with Crippen LogP contribution in [0.3, 0.4) is 0 Å². The number of hydrogen-bond acceptors (Lipinski definition) is 3. The Balaban J connectivity index is 1.93. The van der Waals surface area contributed by atoms with E-state index in [0.29, 0.717) is 5.02 Å². The van der Waals surface area contributed by atoms with Gasteiger partial charge in [-0.1, -0.05) is 29.8 Å². The van der Waals surface area contributed by atoms with Crippen LogP contribution < -0.4 is 4.74 Å². The summed E-state index contributed by atoms with van der Waals surface area (Å²) in [4.78, 5) is 2.37. The Morgan fingerprint density at radius 3 is 2.92 bits per heavy atom. The number of benzene rings is 2. The highest BCUT2D eigenvalue weighted by Gasteiger charge is 2.26. The molecular weight excluding hydrogens is 322 g/mol. The van der Waals surface area contributed by atoms with E-state index in [1.165, 1.54) is 16.7 Å². The van der Waals surface area contributed by atoms with Gasteiger partial charge in [0.15, 0.2) is 0 Å². The summed E-state index contributed by atoms with van der Waals surface area (Å²) in [6.07, 6.45) is 2.75. The fourth-order valence-electron chi connectivity index (χ4n) is 3.68. The SMILES string of the molecule is COc1cc2c(cc1Cl)CCN(C)CC2c1cccc2ccoc12. The van der Waals surface area contributed by atoms with E-state index < -0.39 is 0 Å². The molecule has 1 aliphatic rings. The first kappa shape index (κ1) is 15.6. The molecule has 1 unspecified atom stereocenters. The summed E-state index contributed by atoms with van der Waals surface area (Å²) in [5, 5.41) is 1.82. The lowest BCUT2D eigenvalue weighted by Gasteiger charge is -2.22. The van der Waals surface area contributed by atoms with Crippen LogP contribution in [0.15, 0.2) is 47.1 Å². The zero-order chi connectivity index (χ0) is 16.7. The number of nitrogens with zero attached hydrogens (tertiary/aromatic N) is 1. The van der Waals surface area contributed by atoms with Gasteiger partial charge in [-0.15, -0.1) is 0 Å². The molecule has 0 radical (unpaired) electrons. The molecule has 1 atom stereocenters. The lowest BCUT2D eigenvalue weighted by molar-refractivity contribution is 0.337. The fourth-order valence-corrected chi connectivity index (χ4v) is 3.94. The normalized spacial score (nSPS) is 18.4. The van der Waals surface area contributed by atoms with Gasteiger partial charge < -0.3 is 14.1 Å². The molecule has 3 aromatic rings. The second-order valence-electron chi connectivity index (χ2n) is 6.44. The van der Waals surface area contributed by atoms with E-state index in [-0.39, 0.29) is 5.92 Å². The first-order valence-electron chi connectivity index (χ1n) is 8.18. The lowest BCUT2D eigenvalue weighted by Crippen LogP contribution is -2.24. The topological polar surface area (TPSA) is 25.6 Å². The van der Waals surface area contributed by atoms with Crippen LogP contribution in [0.5, 0.6) is 5.75 Å². The number of ether oxygens (including phenoxy) is 1. The van der Waals surface area contributed by atoms with Crippen molar-refractivity contribution in [1.82, 2.24) is 4.90 Å². The standard InChI is InChI=1S/C20H20ClNO2/c1-22-8-6-14-10-18(21)19(23-2)11-16(14)17(12-22)15-5-3-4-13-7-9-24-20(13)15/h3-5,7,9-11,17H,6,8,12H2,1-2H3. The van der Waals surface area contributed by atoms with Gasteiger partial charge in [-0.3, -0.25) is 0 Å². The van der Waals surface area contributed by atoms with Crippen molar-refractivity contribution in [2.24, 2.45) is 0 Å². The Bertz CT molecular complexity index is 886. The smallest absolute Gasteiger partial charge is 0.137 e. The molecule has 2 heterocycles. The summed E-state index contributed by atoms with van der Waals surface area (Å²) in [5.41, 5.74) is 4.76. The molecule has 0 bridgehead atoms. The van der Waals surface area contributed by atoms with E-state index in [9.17, 15) is 0 Å². The van der Waals surface area contributed by atoms with E-state index in [4.69, 9.17) is 20.8 Å². The first-order chi connectivity index (χ1) is 11.7.